The van der Waals surface area contributed by atoms with Gasteiger partial charge in [0.15, 0.2) is 0 Å². The molecule has 0 radical (unpaired) electrons. The van der Waals surface area contributed by atoms with Crippen LogP contribution in [0.4, 0.5) is 0 Å². The van der Waals surface area contributed by atoms with Crippen molar-refractivity contribution in [2.75, 3.05) is 13.2 Å². The molecule has 1 heterocycles. The summed E-state index contributed by atoms with van der Waals surface area (Å²) in [4.78, 5) is 27.1. The number of aromatic hydroxyl groups is 1. The van der Waals surface area contributed by atoms with E-state index >= 15 is 0 Å². The number of hydrogen-bond donors (Lipinski definition) is 2. The van der Waals surface area contributed by atoms with Crippen LogP contribution in [0, 0.1) is 0 Å². The monoisotopic (exact) mass is 429 g/mol. The fraction of sp³-hybridized carbons (Fsp3) is 0.304. The third-order valence-corrected chi connectivity index (χ3v) is 5.32. The smallest absolute Gasteiger partial charge is 0.295 e. The first-order chi connectivity index (χ1) is 14.4. The Labute approximate surface area is 180 Å². The fourth-order valence-electron chi connectivity index (χ4n) is 3.51. The molecule has 1 fully saturated rings. The van der Waals surface area contributed by atoms with Gasteiger partial charge in [-0.1, -0.05) is 37.1 Å². The van der Waals surface area contributed by atoms with Crippen LogP contribution in [0.1, 0.15) is 43.9 Å². The van der Waals surface area contributed by atoms with Crippen molar-refractivity contribution >= 4 is 29.1 Å². The maximum Gasteiger partial charge on any atom is 0.295 e. The molecule has 0 bridgehead atoms. The summed E-state index contributed by atoms with van der Waals surface area (Å²) in [5, 5.41) is 21.1. The molecule has 158 valence electrons. The number of likely N-dealkylation sites (tertiary alicyclic amines) is 1. The number of carbonyl (C=O) groups excluding carboxylic acids is 2. The largest absolute Gasteiger partial charge is 0.508 e. The van der Waals surface area contributed by atoms with Crippen LogP contribution in [0.15, 0.2) is 48.0 Å². The van der Waals surface area contributed by atoms with Crippen molar-refractivity contribution in [1.29, 1.82) is 0 Å². The highest BCUT2D eigenvalue weighted by molar-refractivity contribution is 6.46. The minimum atomic E-state index is -0.747. The second-order valence-electron chi connectivity index (χ2n) is 7.02. The number of halogens is 1. The number of carbonyl (C=O) groups is 2. The lowest BCUT2D eigenvalue weighted by molar-refractivity contribution is -0.139. The molecule has 1 aliphatic rings. The van der Waals surface area contributed by atoms with Gasteiger partial charge in [0.25, 0.3) is 11.7 Å². The number of ketones is 1. The van der Waals surface area contributed by atoms with Crippen LogP contribution >= 0.6 is 11.6 Å². The Balaban J connectivity index is 2.15. The summed E-state index contributed by atoms with van der Waals surface area (Å²) in [7, 11) is 0. The quantitative estimate of drug-likeness (QED) is 0.379. The maximum atomic E-state index is 12.9. The third-order valence-electron chi connectivity index (χ3n) is 5.01. The molecule has 1 saturated heterocycles. The topological polar surface area (TPSA) is 87.1 Å². The van der Waals surface area contributed by atoms with Crippen molar-refractivity contribution < 1.29 is 24.5 Å². The maximum absolute atomic E-state index is 12.9. The molecule has 0 saturated carbocycles. The Kier molecular flexibility index (Phi) is 6.67. The second kappa shape index (κ2) is 9.22. The van der Waals surface area contributed by atoms with Crippen LogP contribution in [-0.4, -0.2) is 40.0 Å². The van der Waals surface area contributed by atoms with E-state index in [-0.39, 0.29) is 17.1 Å². The van der Waals surface area contributed by atoms with E-state index in [2.05, 4.69) is 0 Å². The molecular formula is C23H24ClNO5. The molecule has 1 unspecified atom stereocenters. The number of rotatable bonds is 7. The molecule has 6 nitrogen and oxygen atoms in total. The Hall–Kier alpha value is -2.99. The fourth-order valence-corrected chi connectivity index (χ4v) is 3.69. The van der Waals surface area contributed by atoms with Gasteiger partial charge >= 0.3 is 0 Å². The van der Waals surface area contributed by atoms with E-state index in [1.54, 1.807) is 30.3 Å². The summed E-state index contributed by atoms with van der Waals surface area (Å²) in [6, 6.07) is 10.2. The summed E-state index contributed by atoms with van der Waals surface area (Å²) in [5.74, 6) is -1.23. The van der Waals surface area contributed by atoms with Gasteiger partial charge in [0.05, 0.1) is 23.2 Å². The zero-order valence-electron chi connectivity index (χ0n) is 16.9. The van der Waals surface area contributed by atoms with Crippen molar-refractivity contribution in [2.24, 2.45) is 0 Å². The number of ether oxygens (including phenoxy) is 1. The van der Waals surface area contributed by atoms with Crippen LogP contribution in [0.5, 0.6) is 11.5 Å². The Bertz CT molecular complexity index is 984. The van der Waals surface area contributed by atoms with Crippen molar-refractivity contribution in [3.63, 3.8) is 0 Å². The zero-order valence-corrected chi connectivity index (χ0v) is 17.6. The first kappa shape index (κ1) is 21.7. The van der Waals surface area contributed by atoms with E-state index in [1.165, 1.54) is 17.0 Å². The van der Waals surface area contributed by atoms with Gasteiger partial charge in [-0.2, -0.15) is 0 Å². The molecule has 2 aromatic rings. The highest BCUT2D eigenvalue weighted by Gasteiger charge is 2.45. The van der Waals surface area contributed by atoms with Gasteiger partial charge in [0.2, 0.25) is 0 Å². The third kappa shape index (κ3) is 4.14. The Morgan fingerprint density at radius 1 is 1.13 bits per heavy atom. The van der Waals surface area contributed by atoms with E-state index < -0.39 is 17.7 Å². The lowest BCUT2D eigenvalue weighted by Crippen LogP contribution is -2.30. The predicted molar refractivity (Wildman–Crippen MR) is 115 cm³/mol. The first-order valence-corrected chi connectivity index (χ1v) is 10.3. The van der Waals surface area contributed by atoms with Crippen molar-refractivity contribution in [3.05, 3.63) is 64.2 Å². The van der Waals surface area contributed by atoms with Crippen LogP contribution in [0.3, 0.4) is 0 Å². The standard InChI is InChI=1S/C23H24ClNO5/c1-3-5-12-25-20(14-6-9-16(26)10-7-14)19(22(28)23(25)29)21(27)15-8-11-17(24)18(13-15)30-4-2/h6-11,13,20,26-27H,3-5,12H2,1-2H3/b21-19-. The molecule has 30 heavy (non-hydrogen) atoms. The Morgan fingerprint density at radius 3 is 2.47 bits per heavy atom. The molecular weight excluding hydrogens is 406 g/mol. The minimum Gasteiger partial charge on any atom is -0.508 e. The number of nitrogens with zero attached hydrogens (tertiary/aromatic N) is 1. The number of amides is 1. The van der Waals surface area contributed by atoms with Gasteiger partial charge in [-0.25, -0.2) is 0 Å². The molecule has 3 rings (SSSR count). The van der Waals surface area contributed by atoms with E-state index in [9.17, 15) is 19.8 Å². The highest BCUT2D eigenvalue weighted by atomic mass is 35.5. The lowest BCUT2D eigenvalue weighted by atomic mass is 9.95. The molecule has 1 atom stereocenters. The van der Waals surface area contributed by atoms with Gasteiger partial charge in [-0.05, 0) is 49.2 Å². The number of Topliss-reactive ketones (excluding diaryl/α,β-unsaturated/α-hetero) is 1. The van der Waals surface area contributed by atoms with Crippen molar-refractivity contribution in [2.45, 2.75) is 32.7 Å². The predicted octanol–water partition coefficient (Wildman–Crippen LogP) is 4.67. The number of phenolic OH excluding ortho intramolecular Hbond substituents is 1. The van der Waals surface area contributed by atoms with Gasteiger partial charge < -0.3 is 19.8 Å². The van der Waals surface area contributed by atoms with Crippen LogP contribution < -0.4 is 4.74 Å². The first-order valence-electron chi connectivity index (χ1n) is 9.89. The van der Waals surface area contributed by atoms with Crippen LogP contribution in [0.2, 0.25) is 5.02 Å². The molecule has 0 aliphatic carbocycles. The van der Waals surface area contributed by atoms with E-state index in [1.807, 2.05) is 13.8 Å². The number of aliphatic hydroxyl groups excluding tert-OH is 1. The van der Waals surface area contributed by atoms with Crippen LogP contribution in [-0.2, 0) is 9.59 Å². The molecule has 7 heteroatoms. The van der Waals surface area contributed by atoms with Gasteiger partial charge in [-0.15, -0.1) is 0 Å². The second-order valence-corrected chi connectivity index (χ2v) is 7.42. The van der Waals surface area contributed by atoms with E-state index in [4.69, 9.17) is 16.3 Å². The molecule has 1 aliphatic heterocycles. The van der Waals surface area contributed by atoms with E-state index in [0.717, 1.165) is 12.8 Å². The summed E-state index contributed by atoms with van der Waals surface area (Å²) < 4.78 is 5.48. The number of unbranched alkanes of at least 4 members (excludes halogenated alkanes) is 1. The minimum absolute atomic E-state index is 0.00608. The van der Waals surface area contributed by atoms with Crippen molar-refractivity contribution in [1.82, 2.24) is 4.90 Å². The zero-order chi connectivity index (χ0) is 21.8. The molecule has 0 spiro atoms. The SMILES string of the molecule is CCCCN1C(=O)C(=O)/C(=C(\O)c2ccc(Cl)c(OCC)c2)C1c1ccc(O)cc1. The molecule has 2 N–H and O–H groups in total. The number of phenols is 1. The van der Waals surface area contributed by atoms with Crippen LogP contribution in [0.25, 0.3) is 5.76 Å². The lowest BCUT2D eigenvalue weighted by Gasteiger charge is -2.25. The number of hydrogen-bond acceptors (Lipinski definition) is 5. The Morgan fingerprint density at radius 2 is 1.83 bits per heavy atom. The summed E-state index contributed by atoms with van der Waals surface area (Å²) >= 11 is 6.14. The average molecular weight is 430 g/mol. The van der Waals surface area contributed by atoms with E-state index in [0.29, 0.717) is 35.1 Å². The normalized spacial score (nSPS) is 18.1. The summed E-state index contributed by atoms with van der Waals surface area (Å²) in [6.45, 7) is 4.58. The number of benzene rings is 2. The van der Waals surface area contributed by atoms with Gasteiger partial charge in [-0.3, -0.25) is 9.59 Å². The van der Waals surface area contributed by atoms with Crippen molar-refractivity contribution in [3.8, 4) is 11.5 Å². The molecule has 0 aromatic heterocycles. The number of aliphatic hydroxyl groups is 1. The summed E-state index contributed by atoms with van der Waals surface area (Å²) in [6.07, 6.45) is 1.57. The molecule has 1 amide bonds. The van der Waals surface area contributed by atoms with Gasteiger partial charge in [0.1, 0.15) is 17.3 Å². The summed E-state index contributed by atoms with van der Waals surface area (Å²) in [5.41, 5.74) is 0.968. The molecule has 2 aromatic carbocycles. The van der Waals surface area contributed by atoms with Gasteiger partial charge in [0, 0.05) is 12.1 Å². The average Bonchev–Trinajstić information content (AvgIpc) is 2.98. The highest BCUT2D eigenvalue weighted by Crippen LogP contribution is 2.40.